The molecule has 0 aromatic carbocycles. The summed E-state index contributed by atoms with van der Waals surface area (Å²) in [5, 5.41) is 3.86. The molecule has 0 saturated heterocycles. The van der Waals surface area contributed by atoms with Crippen molar-refractivity contribution in [2.75, 3.05) is 6.54 Å². The first-order valence-corrected chi connectivity index (χ1v) is 4.80. The minimum absolute atomic E-state index is 0.107. The third-order valence-electron chi connectivity index (χ3n) is 2.21. The van der Waals surface area contributed by atoms with Crippen molar-refractivity contribution >= 4 is 0 Å². The molecule has 15 heavy (non-hydrogen) atoms. The molecule has 0 aliphatic heterocycles. The predicted octanol–water partition coefficient (Wildman–Crippen LogP) is 1.70. The third kappa shape index (κ3) is 1.92. The van der Waals surface area contributed by atoms with Crippen molar-refractivity contribution in [3.8, 4) is 11.5 Å². The van der Waals surface area contributed by atoms with Crippen LogP contribution in [0.5, 0.6) is 0 Å². The van der Waals surface area contributed by atoms with Crippen molar-refractivity contribution in [3.05, 3.63) is 23.9 Å². The Balaban J connectivity index is 2.27. The van der Waals surface area contributed by atoms with E-state index < -0.39 is 0 Å². The Morgan fingerprint density at radius 1 is 1.53 bits per heavy atom. The van der Waals surface area contributed by atoms with Gasteiger partial charge in [0.25, 0.3) is 5.89 Å². The number of rotatable bonds is 3. The average Bonchev–Trinajstić information content (AvgIpc) is 2.84. The van der Waals surface area contributed by atoms with Crippen LogP contribution in [0.25, 0.3) is 11.5 Å². The van der Waals surface area contributed by atoms with E-state index in [0.717, 1.165) is 11.3 Å². The van der Waals surface area contributed by atoms with E-state index in [1.165, 1.54) is 0 Å². The molecule has 2 N–H and O–H groups in total. The Bertz CT molecular complexity index is 447. The van der Waals surface area contributed by atoms with E-state index in [0.29, 0.717) is 18.3 Å². The van der Waals surface area contributed by atoms with E-state index >= 15 is 0 Å². The van der Waals surface area contributed by atoms with E-state index in [1.54, 1.807) is 6.26 Å². The van der Waals surface area contributed by atoms with Crippen LogP contribution in [0.1, 0.15) is 24.4 Å². The fraction of sp³-hybridized carbons (Fsp3) is 0.400. The van der Waals surface area contributed by atoms with Gasteiger partial charge in [-0.25, -0.2) is 0 Å². The number of aromatic nitrogens is 2. The Kier molecular flexibility index (Phi) is 2.55. The molecule has 2 aromatic rings. The van der Waals surface area contributed by atoms with E-state index in [1.807, 2.05) is 19.9 Å². The number of aryl methyl sites for hydroxylation is 1. The molecule has 1 unspecified atom stereocenters. The van der Waals surface area contributed by atoms with Crippen LogP contribution in [-0.4, -0.2) is 16.7 Å². The van der Waals surface area contributed by atoms with Crippen molar-refractivity contribution in [2.24, 2.45) is 5.73 Å². The molecule has 1 atom stereocenters. The minimum atomic E-state index is 0.107. The highest BCUT2D eigenvalue weighted by atomic mass is 16.5. The van der Waals surface area contributed by atoms with Gasteiger partial charge in [-0.15, -0.1) is 0 Å². The lowest BCUT2D eigenvalue weighted by atomic mass is 10.2. The second-order valence-electron chi connectivity index (χ2n) is 3.54. The Morgan fingerprint density at radius 3 is 2.93 bits per heavy atom. The van der Waals surface area contributed by atoms with Gasteiger partial charge in [-0.2, -0.15) is 4.98 Å². The van der Waals surface area contributed by atoms with Gasteiger partial charge in [0.05, 0.1) is 5.56 Å². The Labute approximate surface area is 87.3 Å². The first-order valence-electron chi connectivity index (χ1n) is 4.80. The van der Waals surface area contributed by atoms with Crippen LogP contribution in [0.2, 0.25) is 0 Å². The predicted molar refractivity (Wildman–Crippen MR) is 54.2 cm³/mol. The molecule has 0 aliphatic rings. The van der Waals surface area contributed by atoms with Gasteiger partial charge in [0, 0.05) is 12.5 Å². The van der Waals surface area contributed by atoms with Crippen LogP contribution >= 0.6 is 0 Å². The van der Waals surface area contributed by atoms with Crippen molar-refractivity contribution in [2.45, 2.75) is 19.8 Å². The van der Waals surface area contributed by atoms with E-state index in [9.17, 15) is 0 Å². The summed E-state index contributed by atoms with van der Waals surface area (Å²) in [6.07, 6.45) is 1.60. The van der Waals surface area contributed by atoms with E-state index in [-0.39, 0.29) is 5.92 Å². The maximum atomic E-state index is 5.52. The molecule has 2 aromatic heterocycles. The monoisotopic (exact) mass is 207 g/mol. The maximum absolute atomic E-state index is 5.52. The van der Waals surface area contributed by atoms with E-state index in [4.69, 9.17) is 14.7 Å². The lowest BCUT2D eigenvalue weighted by Gasteiger charge is -1.98. The van der Waals surface area contributed by atoms with Gasteiger partial charge >= 0.3 is 0 Å². The molecular formula is C10H13N3O2. The van der Waals surface area contributed by atoms with Crippen LogP contribution in [0.15, 0.2) is 21.3 Å². The summed E-state index contributed by atoms with van der Waals surface area (Å²) in [5.74, 6) is 2.03. The van der Waals surface area contributed by atoms with Crippen molar-refractivity contribution in [1.82, 2.24) is 10.1 Å². The summed E-state index contributed by atoms with van der Waals surface area (Å²) in [6, 6.07) is 1.85. The highest BCUT2D eigenvalue weighted by Crippen LogP contribution is 2.21. The van der Waals surface area contributed by atoms with Gasteiger partial charge < -0.3 is 14.7 Å². The standard InChI is InChI=1S/C10H13N3O2/c1-6(4-11)9-12-10(15-13-9)8-3-7(2)14-5-8/h3,5-6H,4,11H2,1-2H3. The molecule has 0 bridgehead atoms. The molecule has 80 valence electrons. The molecule has 0 saturated carbocycles. The molecule has 2 rings (SSSR count). The fourth-order valence-corrected chi connectivity index (χ4v) is 1.21. The number of nitrogens with zero attached hydrogens (tertiary/aromatic N) is 2. The van der Waals surface area contributed by atoms with Gasteiger partial charge in [0.15, 0.2) is 5.82 Å². The smallest absolute Gasteiger partial charge is 0.261 e. The number of hydrogen-bond donors (Lipinski definition) is 1. The summed E-state index contributed by atoms with van der Waals surface area (Å²) in [6.45, 7) is 4.32. The molecule has 0 fully saturated rings. The lowest BCUT2D eigenvalue weighted by Crippen LogP contribution is -2.10. The SMILES string of the molecule is Cc1cc(-c2nc(C(C)CN)no2)co1. The Hall–Kier alpha value is -1.62. The third-order valence-corrected chi connectivity index (χ3v) is 2.21. The Morgan fingerprint density at radius 2 is 2.33 bits per heavy atom. The van der Waals surface area contributed by atoms with Gasteiger partial charge in [0.2, 0.25) is 0 Å². The first-order chi connectivity index (χ1) is 7.20. The largest absolute Gasteiger partial charge is 0.469 e. The number of nitrogens with two attached hydrogens (primary N) is 1. The molecule has 5 heteroatoms. The summed E-state index contributed by atoms with van der Waals surface area (Å²) in [7, 11) is 0. The van der Waals surface area contributed by atoms with Crippen LogP contribution in [0, 0.1) is 6.92 Å². The summed E-state index contributed by atoms with van der Waals surface area (Å²) < 4.78 is 10.3. The van der Waals surface area contributed by atoms with Gasteiger partial charge in [-0.1, -0.05) is 12.1 Å². The summed E-state index contributed by atoms with van der Waals surface area (Å²) >= 11 is 0. The molecule has 0 aliphatic carbocycles. The van der Waals surface area contributed by atoms with Crippen LogP contribution < -0.4 is 5.73 Å². The van der Waals surface area contributed by atoms with Gasteiger partial charge in [-0.05, 0) is 13.0 Å². The summed E-state index contributed by atoms with van der Waals surface area (Å²) in [4.78, 5) is 4.25. The van der Waals surface area contributed by atoms with Gasteiger partial charge in [-0.3, -0.25) is 0 Å². The zero-order valence-electron chi connectivity index (χ0n) is 8.73. The molecule has 0 amide bonds. The second kappa shape index (κ2) is 3.86. The van der Waals surface area contributed by atoms with Crippen molar-refractivity contribution in [3.63, 3.8) is 0 Å². The minimum Gasteiger partial charge on any atom is -0.469 e. The quantitative estimate of drug-likeness (QED) is 0.828. The van der Waals surface area contributed by atoms with Gasteiger partial charge in [0.1, 0.15) is 12.0 Å². The zero-order chi connectivity index (χ0) is 10.8. The molecule has 2 heterocycles. The molecule has 0 radical (unpaired) electrons. The zero-order valence-corrected chi connectivity index (χ0v) is 8.73. The van der Waals surface area contributed by atoms with Crippen LogP contribution in [0.4, 0.5) is 0 Å². The fourth-order valence-electron chi connectivity index (χ4n) is 1.21. The molecule has 0 spiro atoms. The topological polar surface area (TPSA) is 78.1 Å². The maximum Gasteiger partial charge on any atom is 0.261 e. The molecular weight excluding hydrogens is 194 g/mol. The highest BCUT2D eigenvalue weighted by molar-refractivity contribution is 5.51. The first kappa shape index (κ1) is 9.92. The van der Waals surface area contributed by atoms with Crippen molar-refractivity contribution in [1.29, 1.82) is 0 Å². The van der Waals surface area contributed by atoms with Crippen LogP contribution in [-0.2, 0) is 0 Å². The number of hydrogen-bond acceptors (Lipinski definition) is 5. The highest BCUT2D eigenvalue weighted by Gasteiger charge is 2.14. The normalized spacial score (nSPS) is 13.0. The molecule has 5 nitrogen and oxygen atoms in total. The van der Waals surface area contributed by atoms with Crippen molar-refractivity contribution < 1.29 is 8.94 Å². The van der Waals surface area contributed by atoms with E-state index in [2.05, 4.69) is 10.1 Å². The average molecular weight is 207 g/mol. The number of furan rings is 1. The lowest BCUT2D eigenvalue weighted by molar-refractivity contribution is 0.417. The van der Waals surface area contributed by atoms with Crippen LogP contribution in [0.3, 0.4) is 0 Å². The summed E-state index contributed by atoms with van der Waals surface area (Å²) in [5.41, 5.74) is 6.32. The second-order valence-corrected chi connectivity index (χ2v) is 3.54.